The van der Waals surface area contributed by atoms with Gasteiger partial charge >= 0.3 is 12.3 Å². The van der Waals surface area contributed by atoms with E-state index in [4.69, 9.17) is 19.9 Å². The number of benzene rings is 2. The molecule has 2 aliphatic rings. The predicted octanol–water partition coefficient (Wildman–Crippen LogP) is 6.39. The van der Waals surface area contributed by atoms with E-state index in [1.54, 1.807) is 56.3 Å². The Kier molecular flexibility index (Phi) is 12.5. The number of nitrogens with one attached hydrogen (secondary N) is 1. The van der Waals surface area contributed by atoms with Gasteiger partial charge < -0.3 is 39.6 Å². The minimum atomic E-state index is -3.70. The van der Waals surface area contributed by atoms with Crippen molar-refractivity contribution in [1.82, 2.24) is 9.97 Å². The van der Waals surface area contributed by atoms with Crippen LogP contribution in [0, 0.1) is 5.92 Å². The molecule has 51 heavy (non-hydrogen) atoms. The molecular weight excluding hydrogens is 723 g/mol. The van der Waals surface area contributed by atoms with Gasteiger partial charge in [0.25, 0.3) is 0 Å². The molecular formula is C33H37N5O10S3. The van der Waals surface area contributed by atoms with E-state index in [1.165, 1.54) is 22.1 Å². The van der Waals surface area contributed by atoms with Gasteiger partial charge in [-0.2, -0.15) is 9.97 Å². The Balaban J connectivity index is 0.000000357. The summed E-state index contributed by atoms with van der Waals surface area (Å²) in [7, 11) is -1.88. The number of aromatic nitrogens is 2. The van der Waals surface area contributed by atoms with Crippen molar-refractivity contribution in [3.63, 3.8) is 0 Å². The lowest BCUT2D eigenvalue weighted by Gasteiger charge is -2.31. The van der Waals surface area contributed by atoms with Crippen molar-refractivity contribution >= 4 is 72.4 Å². The minimum Gasteiger partial charge on any atom is -0.434 e. The van der Waals surface area contributed by atoms with E-state index in [1.807, 2.05) is 11.9 Å². The third kappa shape index (κ3) is 9.32. The summed E-state index contributed by atoms with van der Waals surface area (Å²) in [4.78, 5) is 46.2. The highest BCUT2D eigenvalue weighted by molar-refractivity contribution is 7.92. The number of nitrogens with zero attached hydrogens (tertiary/aromatic N) is 3. The Labute approximate surface area is 302 Å². The van der Waals surface area contributed by atoms with Crippen molar-refractivity contribution < 1.29 is 46.5 Å². The Morgan fingerprint density at radius 2 is 1.57 bits per heavy atom. The van der Waals surface area contributed by atoms with Crippen LogP contribution in [0.25, 0.3) is 0 Å². The molecule has 1 amide bonds. The third-order valence-corrected chi connectivity index (χ3v) is 11.1. The number of nitrogens with two attached hydrogens (primary N) is 1. The molecule has 4 heterocycles. The van der Waals surface area contributed by atoms with Gasteiger partial charge in [-0.1, -0.05) is 18.2 Å². The number of carbonyl (C=O) groups excluding carboxylic acids is 3. The van der Waals surface area contributed by atoms with Gasteiger partial charge in [-0.05, 0) is 68.9 Å². The quantitative estimate of drug-likeness (QED) is 0.178. The largest absolute Gasteiger partial charge is 0.515 e. The van der Waals surface area contributed by atoms with Crippen molar-refractivity contribution in [3.05, 3.63) is 58.8 Å². The molecule has 4 aromatic rings. The van der Waals surface area contributed by atoms with E-state index >= 15 is 0 Å². The maximum atomic E-state index is 13.7. The van der Waals surface area contributed by atoms with Crippen molar-refractivity contribution in [2.75, 3.05) is 49.4 Å². The lowest BCUT2D eigenvalue weighted by molar-refractivity contribution is -0.118. The number of rotatable bonds is 9. The molecule has 3 N–H and O–H groups in total. The summed E-state index contributed by atoms with van der Waals surface area (Å²) >= 11 is 2.33. The fraction of sp³-hybridized carbons (Fsp3) is 0.364. The third-order valence-electron chi connectivity index (χ3n) is 7.89. The highest BCUT2D eigenvalue weighted by Crippen LogP contribution is 2.44. The first-order valence-electron chi connectivity index (χ1n) is 16.0. The SMILES string of the molecule is CCOC(=O)Oc1csc(N)n1.CCOC(=O)Oc1csc(NC(=O)C(CC2CCOCC2)c2ccc3c(c2)N(C)c2ccccc2S3(=O)=O)n1. The van der Waals surface area contributed by atoms with Crippen molar-refractivity contribution in [3.8, 4) is 11.8 Å². The lowest BCUT2D eigenvalue weighted by Crippen LogP contribution is -2.27. The normalized spacial score (nSPS) is 15.2. The van der Waals surface area contributed by atoms with E-state index < -0.39 is 28.1 Å². The first-order chi connectivity index (χ1) is 24.5. The summed E-state index contributed by atoms with van der Waals surface area (Å²) < 4.78 is 51.2. The number of amides is 1. The van der Waals surface area contributed by atoms with Crippen LogP contribution in [0.2, 0.25) is 0 Å². The minimum absolute atomic E-state index is 0.0361. The molecule has 15 nitrogen and oxygen atoms in total. The molecule has 18 heteroatoms. The average Bonchev–Trinajstić information content (AvgIpc) is 3.74. The number of carbonyl (C=O) groups is 3. The number of fused-ring (bicyclic) bond motifs is 2. The zero-order chi connectivity index (χ0) is 36.5. The maximum absolute atomic E-state index is 13.7. The first kappa shape index (κ1) is 37.5. The summed E-state index contributed by atoms with van der Waals surface area (Å²) in [5.74, 6) is -0.359. The van der Waals surface area contributed by atoms with E-state index in [0.29, 0.717) is 41.7 Å². The Morgan fingerprint density at radius 1 is 0.941 bits per heavy atom. The van der Waals surface area contributed by atoms with Crippen LogP contribution in [0.1, 0.15) is 44.6 Å². The summed E-state index contributed by atoms with van der Waals surface area (Å²) in [6.07, 6.45) is 0.616. The maximum Gasteiger partial charge on any atom is 0.515 e. The van der Waals surface area contributed by atoms with Gasteiger partial charge in [0, 0.05) is 20.3 Å². The molecule has 1 fully saturated rings. The summed E-state index contributed by atoms with van der Waals surface area (Å²) in [6.45, 7) is 5.08. The van der Waals surface area contributed by atoms with Crippen LogP contribution in [-0.4, -0.2) is 70.1 Å². The average molecular weight is 760 g/mol. The van der Waals surface area contributed by atoms with Gasteiger partial charge in [-0.15, -0.1) is 22.7 Å². The van der Waals surface area contributed by atoms with Gasteiger partial charge in [0.05, 0.1) is 51.1 Å². The van der Waals surface area contributed by atoms with Crippen molar-refractivity contribution in [2.24, 2.45) is 5.92 Å². The monoisotopic (exact) mass is 759 g/mol. The smallest absolute Gasteiger partial charge is 0.434 e. The lowest BCUT2D eigenvalue weighted by atomic mass is 9.84. The summed E-state index contributed by atoms with van der Waals surface area (Å²) in [6, 6.07) is 12.0. The molecule has 0 radical (unpaired) electrons. The van der Waals surface area contributed by atoms with Crippen LogP contribution in [0.3, 0.4) is 0 Å². The summed E-state index contributed by atoms with van der Waals surface area (Å²) in [5, 5.41) is 6.53. The number of anilines is 4. The first-order valence-corrected chi connectivity index (χ1v) is 19.2. The molecule has 2 aromatic carbocycles. The van der Waals surface area contributed by atoms with E-state index in [-0.39, 0.29) is 51.7 Å². The molecule has 0 saturated carbocycles. The topological polar surface area (TPSA) is 199 Å². The zero-order valence-electron chi connectivity index (χ0n) is 28.0. The second-order valence-corrected chi connectivity index (χ2v) is 14.8. The number of nitrogen functional groups attached to an aromatic ring is 1. The van der Waals surface area contributed by atoms with Gasteiger partial charge in [-0.25, -0.2) is 18.0 Å². The van der Waals surface area contributed by atoms with E-state index in [2.05, 4.69) is 24.8 Å². The number of para-hydroxylation sites is 1. The van der Waals surface area contributed by atoms with Crippen molar-refractivity contribution in [2.45, 2.75) is 48.8 Å². The standard InChI is InChI=1S/C27H29N3O7S2.C6H8N2O3S/c1-3-36-27(32)37-24-16-38-26(28-24)29-25(31)19(14-17-10-12-35-13-11-17)18-8-9-23-21(15-18)30(2)20-6-4-5-7-22(20)39(23,33)34;1-2-10-6(9)11-4-3-12-5(7)8-4/h4-9,15-17,19H,3,10-14H2,1-2H3,(H,28,29,31);3H,2H2,1H3,(H2,7,8). The van der Waals surface area contributed by atoms with Gasteiger partial charge in [0.2, 0.25) is 27.5 Å². The zero-order valence-corrected chi connectivity index (χ0v) is 30.5. The number of sulfone groups is 1. The van der Waals surface area contributed by atoms with Gasteiger partial charge in [-0.3, -0.25) is 4.79 Å². The Morgan fingerprint density at radius 3 is 2.22 bits per heavy atom. The second-order valence-electron chi connectivity index (χ2n) is 11.2. The van der Waals surface area contributed by atoms with Crippen LogP contribution in [0.4, 0.5) is 31.2 Å². The van der Waals surface area contributed by atoms with Crippen molar-refractivity contribution in [1.29, 1.82) is 0 Å². The Hall–Kier alpha value is -4.78. The van der Waals surface area contributed by atoms with E-state index in [9.17, 15) is 22.8 Å². The molecule has 0 bridgehead atoms. The Bertz CT molecular complexity index is 1960. The highest BCUT2D eigenvalue weighted by Gasteiger charge is 2.34. The van der Waals surface area contributed by atoms with Crippen LogP contribution >= 0.6 is 22.7 Å². The number of hydrogen-bond donors (Lipinski definition) is 2. The number of hydrogen-bond acceptors (Lipinski definition) is 16. The fourth-order valence-corrected chi connectivity index (χ4v) is 8.27. The summed E-state index contributed by atoms with van der Waals surface area (Å²) in [5.41, 5.74) is 7.12. The van der Waals surface area contributed by atoms with E-state index in [0.717, 1.165) is 24.2 Å². The highest BCUT2D eigenvalue weighted by atomic mass is 32.2. The molecule has 272 valence electrons. The van der Waals surface area contributed by atoms with Crippen LogP contribution < -0.4 is 25.4 Å². The van der Waals surface area contributed by atoms with Gasteiger partial charge in [0.15, 0.2) is 10.3 Å². The molecule has 1 atom stereocenters. The molecule has 2 aromatic heterocycles. The number of thiazole rings is 2. The predicted molar refractivity (Wildman–Crippen MR) is 190 cm³/mol. The molecule has 2 aliphatic heterocycles. The fourth-order valence-electron chi connectivity index (χ4n) is 5.50. The molecule has 1 saturated heterocycles. The molecule has 6 rings (SSSR count). The van der Waals surface area contributed by atoms with Crippen LogP contribution in [0.5, 0.6) is 11.8 Å². The number of ether oxygens (including phenoxy) is 5. The van der Waals surface area contributed by atoms with Crippen LogP contribution in [0.15, 0.2) is 63.0 Å². The molecule has 0 spiro atoms. The van der Waals surface area contributed by atoms with Crippen LogP contribution in [-0.2, 0) is 28.8 Å². The molecule has 1 unspecified atom stereocenters. The second kappa shape index (κ2) is 17.0. The van der Waals surface area contributed by atoms with Gasteiger partial charge in [0.1, 0.15) is 0 Å². The molecule has 0 aliphatic carbocycles.